The smallest absolute Gasteiger partial charge is 0.310 e. The number of nitrogens with one attached hydrogen (secondary N) is 1. The van der Waals surface area contributed by atoms with Crippen molar-refractivity contribution in [1.29, 1.82) is 0 Å². The summed E-state index contributed by atoms with van der Waals surface area (Å²) in [6.45, 7) is 0.755. The molecule has 6 heteroatoms. The van der Waals surface area contributed by atoms with E-state index in [-0.39, 0.29) is 18.9 Å². The molecule has 1 aliphatic carbocycles. The van der Waals surface area contributed by atoms with Gasteiger partial charge in [-0.2, -0.15) is 11.8 Å². The number of thioether (sulfide) groups is 1. The van der Waals surface area contributed by atoms with Gasteiger partial charge < -0.3 is 15.5 Å². The number of rotatable bonds is 9. The summed E-state index contributed by atoms with van der Waals surface area (Å²) < 4.78 is 0. The Morgan fingerprint density at radius 1 is 1.21 bits per heavy atom. The van der Waals surface area contributed by atoms with Crippen LogP contribution in [0.1, 0.15) is 38.5 Å². The molecule has 0 aromatic carbocycles. The minimum Gasteiger partial charge on any atom is -0.481 e. The van der Waals surface area contributed by atoms with E-state index in [1.165, 1.54) is 0 Å². The first-order valence-electron chi connectivity index (χ1n) is 6.79. The van der Waals surface area contributed by atoms with Crippen molar-refractivity contribution in [2.24, 2.45) is 5.41 Å². The fourth-order valence-corrected chi connectivity index (χ4v) is 3.20. The number of amides is 1. The topological polar surface area (TPSA) is 86.6 Å². The summed E-state index contributed by atoms with van der Waals surface area (Å²) in [5, 5.41) is 20.7. The lowest BCUT2D eigenvalue weighted by Crippen LogP contribution is -2.36. The number of aliphatic carboxylic acids is 1. The summed E-state index contributed by atoms with van der Waals surface area (Å²) >= 11 is 1.68. The highest BCUT2D eigenvalue weighted by atomic mass is 32.2. The highest BCUT2D eigenvalue weighted by Gasteiger charge is 2.42. The number of aliphatic hydroxyl groups excluding tert-OH is 1. The highest BCUT2D eigenvalue weighted by Crippen LogP contribution is 2.41. The fraction of sp³-hybridized carbons (Fsp3) is 0.846. The summed E-state index contributed by atoms with van der Waals surface area (Å²) in [5.74, 6) is 0.682. The predicted molar refractivity (Wildman–Crippen MR) is 75.2 cm³/mol. The van der Waals surface area contributed by atoms with Gasteiger partial charge in [-0.1, -0.05) is 12.8 Å². The van der Waals surface area contributed by atoms with E-state index >= 15 is 0 Å². The van der Waals surface area contributed by atoms with Crippen LogP contribution in [0.15, 0.2) is 0 Å². The van der Waals surface area contributed by atoms with Crippen molar-refractivity contribution in [3.8, 4) is 0 Å². The molecule has 0 atom stereocenters. The third-order valence-electron chi connectivity index (χ3n) is 3.53. The number of carbonyl (C=O) groups excluding carboxylic acids is 1. The zero-order valence-corrected chi connectivity index (χ0v) is 12.0. The van der Waals surface area contributed by atoms with Gasteiger partial charge in [0.05, 0.1) is 5.41 Å². The predicted octanol–water partition coefficient (Wildman–Crippen LogP) is 1.25. The van der Waals surface area contributed by atoms with E-state index in [2.05, 4.69) is 5.32 Å². The molecule has 1 saturated carbocycles. The molecule has 0 saturated heterocycles. The van der Waals surface area contributed by atoms with Crippen LogP contribution in [0.2, 0.25) is 0 Å². The summed E-state index contributed by atoms with van der Waals surface area (Å²) in [5.41, 5.74) is -0.825. The lowest BCUT2D eigenvalue weighted by atomic mass is 9.82. The van der Waals surface area contributed by atoms with E-state index in [4.69, 9.17) is 5.11 Å². The largest absolute Gasteiger partial charge is 0.481 e. The van der Waals surface area contributed by atoms with Crippen LogP contribution in [-0.4, -0.2) is 46.7 Å². The maximum Gasteiger partial charge on any atom is 0.310 e. The van der Waals surface area contributed by atoms with Crippen molar-refractivity contribution in [3.05, 3.63) is 0 Å². The first-order valence-corrected chi connectivity index (χ1v) is 7.95. The van der Waals surface area contributed by atoms with E-state index in [1.807, 2.05) is 0 Å². The molecule has 0 bridgehead atoms. The van der Waals surface area contributed by atoms with Crippen LogP contribution in [-0.2, 0) is 9.59 Å². The molecule has 0 radical (unpaired) electrons. The Hall–Kier alpha value is -0.750. The van der Waals surface area contributed by atoms with Gasteiger partial charge in [0.15, 0.2) is 0 Å². The van der Waals surface area contributed by atoms with Crippen molar-refractivity contribution < 1.29 is 19.8 Å². The molecule has 0 aliphatic heterocycles. The Bertz CT molecular complexity index is 303. The normalized spacial score (nSPS) is 17.3. The van der Waals surface area contributed by atoms with Crippen LogP contribution in [0.4, 0.5) is 0 Å². The molecule has 110 valence electrons. The van der Waals surface area contributed by atoms with Crippen LogP contribution in [0.25, 0.3) is 0 Å². The first-order chi connectivity index (χ1) is 9.10. The zero-order valence-electron chi connectivity index (χ0n) is 11.2. The molecule has 0 aromatic rings. The molecule has 3 N–H and O–H groups in total. The lowest BCUT2D eigenvalue weighted by Gasteiger charge is -2.22. The van der Waals surface area contributed by atoms with Gasteiger partial charge >= 0.3 is 5.97 Å². The van der Waals surface area contributed by atoms with Crippen molar-refractivity contribution in [2.75, 3.05) is 24.7 Å². The van der Waals surface area contributed by atoms with Crippen molar-refractivity contribution >= 4 is 23.6 Å². The van der Waals surface area contributed by atoms with Gasteiger partial charge in [-0.3, -0.25) is 9.59 Å². The molecule has 1 fully saturated rings. The van der Waals surface area contributed by atoms with Crippen LogP contribution in [0.3, 0.4) is 0 Å². The Balaban J connectivity index is 2.21. The fourth-order valence-electron chi connectivity index (χ4n) is 2.42. The van der Waals surface area contributed by atoms with Gasteiger partial charge in [0.2, 0.25) is 5.91 Å². The minimum absolute atomic E-state index is 0.101. The first kappa shape index (κ1) is 16.3. The molecule has 1 rings (SSSR count). The number of hydrogen-bond acceptors (Lipinski definition) is 4. The molecule has 5 nitrogen and oxygen atoms in total. The second-order valence-corrected chi connectivity index (χ2v) is 6.23. The van der Waals surface area contributed by atoms with E-state index < -0.39 is 11.4 Å². The van der Waals surface area contributed by atoms with Crippen molar-refractivity contribution in [3.63, 3.8) is 0 Å². The highest BCUT2D eigenvalue weighted by molar-refractivity contribution is 7.99. The third kappa shape index (κ3) is 5.40. The molecular formula is C13H23NO4S. The lowest BCUT2D eigenvalue weighted by molar-refractivity contribution is -0.151. The van der Waals surface area contributed by atoms with Gasteiger partial charge in [0, 0.05) is 25.3 Å². The Morgan fingerprint density at radius 2 is 1.89 bits per heavy atom. The van der Waals surface area contributed by atoms with Crippen LogP contribution in [0.5, 0.6) is 0 Å². The number of carbonyl (C=O) groups is 2. The summed E-state index contributed by atoms with van der Waals surface area (Å²) in [6, 6.07) is 0. The second-order valence-electron chi connectivity index (χ2n) is 5.01. The molecule has 0 unspecified atom stereocenters. The Labute approximate surface area is 118 Å². The minimum atomic E-state index is -0.836. The maximum atomic E-state index is 11.8. The molecule has 0 heterocycles. The molecular weight excluding hydrogens is 266 g/mol. The average molecular weight is 289 g/mol. The van der Waals surface area contributed by atoms with Crippen LogP contribution >= 0.6 is 11.8 Å². The Morgan fingerprint density at radius 3 is 2.47 bits per heavy atom. The third-order valence-corrected chi connectivity index (χ3v) is 4.60. The van der Waals surface area contributed by atoms with Crippen LogP contribution in [0, 0.1) is 5.41 Å². The number of aliphatic hydroxyl groups is 1. The van der Waals surface area contributed by atoms with E-state index in [1.54, 1.807) is 11.8 Å². The maximum absolute atomic E-state index is 11.8. The molecule has 0 spiro atoms. The Kier molecular flexibility index (Phi) is 7.23. The van der Waals surface area contributed by atoms with Crippen molar-refractivity contribution in [2.45, 2.75) is 38.5 Å². The van der Waals surface area contributed by atoms with Crippen LogP contribution < -0.4 is 5.32 Å². The summed E-state index contributed by atoms with van der Waals surface area (Å²) in [4.78, 5) is 23.1. The van der Waals surface area contributed by atoms with Gasteiger partial charge in [-0.15, -0.1) is 0 Å². The average Bonchev–Trinajstić information content (AvgIpc) is 2.83. The van der Waals surface area contributed by atoms with E-state index in [0.717, 1.165) is 30.8 Å². The number of hydrogen-bond donors (Lipinski definition) is 3. The van der Waals surface area contributed by atoms with Gasteiger partial charge in [0.1, 0.15) is 0 Å². The summed E-state index contributed by atoms with van der Waals surface area (Å²) in [7, 11) is 0. The standard InChI is InChI=1S/C13H23NO4S/c15-7-3-8-19-9-6-14-11(16)10-13(12(17)18)4-1-2-5-13/h15H,1-10H2,(H,14,16)(H,17,18). The van der Waals surface area contributed by atoms with Gasteiger partial charge in [0.25, 0.3) is 0 Å². The van der Waals surface area contributed by atoms with Gasteiger partial charge in [-0.05, 0) is 25.0 Å². The number of carboxylic acids is 1. The quantitative estimate of drug-likeness (QED) is 0.556. The molecule has 19 heavy (non-hydrogen) atoms. The van der Waals surface area contributed by atoms with Gasteiger partial charge in [-0.25, -0.2) is 0 Å². The molecule has 1 amide bonds. The SMILES string of the molecule is O=C(CC1(C(=O)O)CCCC1)NCCSCCCO. The molecule has 0 aromatic heterocycles. The van der Waals surface area contributed by atoms with E-state index in [9.17, 15) is 14.7 Å². The van der Waals surface area contributed by atoms with E-state index in [0.29, 0.717) is 19.4 Å². The number of carboxylic acid groups (broad SMARTS) is 1. The second kappa shape index (κ2) is 8.43. The molecule has 1 aliphatic rings. The zero-order chi connectivity index (χ0) is 14.1. The summed E-state index contributed by atoms with van der Waals surface area (Å²) in [6.07, 6.45) is 3.89. The monoisotopic (exact) mass is 289 g/mol. The van der Waals surface area contributed by atoms with Crippen molar-refractivity contribution in [1.82, 2.24) is 5.32 Å².